The average Bonchev–Trinajstić information content (AvgIpc) is 3.02. The first kappa shape index (κ1) is 16.8. The van der Waals surface area contributed by atoms with Crippen LogP contribution in [0.5, 0.6) is 0 Å². The number of ether oxygens (including phenoxy) is 1. The van der Waals surface area contributed by atoms with Gasteiger partial charge in [0.15, 0.2) is 0 Å². The van der Waals surface area contributed by atoms with Gasteiger partial charge in [0.1, 0.15) is 12.6 Å². The molecule has 1 aliphatic rings. The van der Waals surface area contributed by atoms with Gasteiger partial charge in [0, 0.05) is 5.57 Å². The topological polar surface area (TPSA) is 46.6 Å². The quantitative estimate of drug-likeness (QED) is 0.826. The lowest BCUT2D eigenvalue weighted by Crippen LogP contribution is -2.34. The van der Waals surface area contributed by atoms with Gasteiger partial charge in [0.2, 0.25) is 5.91 Å². The fourth-order valence-electron chi connectivity index (χ4n) is 2.77. The zero-order valence-corrected chi connectivity index (χ0v) is 13.2. The maximum atomic E-state index is 13.3. The molecule has 25 heavy (non-hydrogen) atoms. The summed E-state index contributed by atoms with van der Waals surface area (Å²) in [6.07, 6.45) is -3.33. The summed E-state index contributed by atoms with van der Waals surface area (Å²) in [6, 6.07) is 16.2. The molecule has 0 N–H and O–H groups in total. The summed E-state index contributed by atoms with van der Waals surface area (Å²) in [7, 11) is 0. The van der Waals surface area contributed by atoms with E-state index in [1.165, 1.54) is 12.1 Å². The second-order valence-electron chi connectivity index (χ2n) is 5.55. The maximum absolute atomic E-state index is 13.3. The molecule has 0 bridgehead atoms. The van der Waals surface area contributed by atoms with Crippen LogP contribution in [0.1, 0.15) is 23.6 Å². The van der Waals surface area contributed by atoms with E-state index < -0.39 is 36.1 Å². The summed E-state index contributed by atoms with van der Waals surface area (Å²) in [5, 5.41) is 0. The van der Waals surface area contributed by atoms with Gasteiger partial charge in [0.05, 0.1) is 6.42 Å². The van der Waals surface area contributed by atoms with Crippen molar-refractivity contribution in [2.45, 2.75) is 12.5 Å². The largest absolute Gasteiger partial charge is 0.446 e. The molecule has 1 atom stereocenters. The third kappa shape index (κ3) is 3.57. The van der Waals surface area contributed by atoms with Crippen molar-refractivity contribution in [2.24, 2.45) is 0 Å². The second kappa shape index (κ2) is 7.25. The van der Waals surface area contributed by atoms with Crippen LogP contribution in [0.4, 0.5) is 13.6 Å². The molecule has 1 saturated heterocycles. The van der Waals surface area contributed by atoms with Crippen LogP contribution in [0.2, 0.25) is 0 Å². The zero-order valence-electron chi connectivity index (χ0n) is 13.2. The highest BCUT2D eigenvalue weighted by molar-refractivity contribution is 5.98. The number of nitrogens with zero attached hydrogens (tertiary/aromatic N) is 1. The zero-order chi connectivity index (χ0) is 17.8. The predicted molar refractivity (Wildman–Crippen MR) is 87.6 cm³/mol. The average molecular weight is 343 g/mol. The van der Waals surface area contributed by atoms with Crippen LogP contribution in [0, 0.1) is 0 Å². The Morgan fingerprint density at radius 3 is 2.24 bits per heavy atom. The molecule has 2 aromatic rings. The van der Waals surface area contributed by atoms with Crippen molar-refractivity contribution in [3.05, 3.63) is 77.9 Å². The van der Waals surface area contributed by atoms with E-state index in [9.17, 15) is 18.4 Å². The summed E-state index contributed by atoms with van der Waals surface area (Å²) in [5.74, 6) is -0.719. The molecule has 0 saturated carbocycles. The Labute approximate surface area is 143 Å². The van der Waals surface area contributed by atoms with Gasteiger partial charge in [-0.25, -0.2) is 9.69 Å². The van der Waals surface area contributed by atoms with Crippen molar-refractivity contribution in [1.29, 1.82) is 0 Å². The first-order valence-corrected chi connectivity index (χ1v) is 7.71. The van der Waals surface area contributed by atoms with Gasteiger partial charge in [-0.3, -0.25) is 4.79 Å². The number of halogens is 2. The number of imide groups is 1. The summed E-state index contributed by atoms with van der Waals surface area (Å²) in [4.78, 5) is 25.5. The molecule has 1 aliphatic heterocycles. The van der Waals surface area contributed by atoms with Crippen molar-refractivity contribution in [2.75, 3.05) is 6.61 Å². The van der Waals surface area contributed by atoms with Gasteiger partial charge in [0.25, 0.3) is 6.08 Å². The smallest absolute Gasteiger partial charge is 0.417 e. The molecule has 0 radical (unpaired) electrons. The molecule has 2 aromatic carbocycles. The Hall–Kier alpha value is -3.02. The lowest BCUT2D eigenvalue weighted by molar-refractivity contribution is -0.128. The lowest BCUT2D eigenvalue weighted by Gasteiger charge is -2.20. The fourth-order valence-corrected chi connectivity index (χ4v) is 2.77. The molecule has 0 aromatic heterocycles. The minimum Gasteiger partial charge on any atom is -0.446 e. The number of rotatable bonds is 4. The van der Waals surface area contributed by atoms with E-state index in [-0.39, 0.29) is 12.2 Å². The molecular weight excluding hydrogens is 328 g/mol. The lowest BCUT2D eigenvalue weighted by atomic mass is 10.0. The van der Waals surface area contributed by atoms with Crippen molar-refractivity contribution in [3.8, 4) is 0 Å². The standard InChI is InChI=1S/C19H15F2NO3/c20-18(21)15(13-7-3-1-4-8-13)11-17(23)22-16(12-25-19(22)24)14-9-5-2-6-10-14/h1-10,16H,11-12H2/t16-/m1/s1. The Morgan fingerprint density at radius 2 is 1.64 bits per heavy atom. The molecule has 0 aliphatic carbocycles. The highest BCUT2D eigenvalue weighted by Gasteiger charge is 2.39. The Kier molecular flexibility index (Phi) is 4.88. The first-order chi connectivity index (χ1) is 12.1. The Balaban J connectivity index is 1.86. The Bertz CT molecular complexity index is 802. The molecule has 6 heteroatoms. The van der Waals surface area contributed by atoms with Gasteiger partial charge in [-0.2, -0.15) is 8.78 Å². The normalized spacial score (nSPS) is 16.5. The molecule has 3 rings (SSSR count). The van der Waals surface area contributed by atoms with Gasteiger partial charge in [-0.15, -0.1) is 0 Å². The molecule has 0 unspecified atom stereocenters. The van der Waals surface area contributed by atoms with E-state index in [4.69, 9.17) is 4.74 Å². The van der Waals surface area contributed by atoms with Gasteiger partial charge < -0.3 is 4.74 Å². The monoisotopic (exact) mass is 343 g/mol. The van der Waals surface area contributed by atoms with Crippen molar-refractivity contribution < 1.29 is 23.1 Å². The van der Waals surface area contributed by atoms with E-state index in [0.29, 0.717) is 5.56 Å². The highest BCUT2D eigenvalue weighted by atomic mass is 19.3. The van der Waals surface area contributed by atoms with Crippen LogP contribution in [0.25, 0.3) is 5.57 Å². The van der Waals surface area contributed by atoms with Crippen LogP contribution in [-0.4, -0.2) is 23.5 Å². The third-order valence-electron chi connectivity index (χ3n) is 4.00. The molecule has 2 amide bonds. The molecule has 1 fully saturated rings. The number of hydrogen-bond donors (Lipinski definition) is 0. The van der Waals surface area contributed by atoms with Crippen molar-refractivity contribution >= 4 is 17.6 Å². The van der Waals surface area contributed by atoms with Crippen molar-refractivity contribution in [1.82, 2.24) is 4.90 Å². The summed E-state index contributed by atoms with van der Waals surface area (Å²) in [5.41, 5.74) is 0.574. The molecular formula is C19H15F2NO3. The second-order valence-corrected chi connectivity index (χ2v) is 5.55. The predicted octanol–water partition coefficient (Wildman–Crippen LogP) is 4.40. The molecule has 0 spiro atoms. The van der Waals surface area contributed by atoms with Gasteiger partial charge >= 0.3 is 6.09 Å². The summed E-state index contributed by atoms with van der Waals surface area (Å²) in [6.45, 7) is 0.0110. The third-order valence-corrected chi connectivity index (χ3v) is 4.00. The van der Waals surface area contributed by atoms with Gasteiger partial charge in [-0.1, -0.05) is 60.7 Å². The minimum absolute atomic E-state index is 0.0110. The molecule has 1 heterocycles. The summed E-state index contributed by atoms with van der Waals surface area (Å²) < 4.78 is 31.6. The van der Waals surface area contributed by atoms with Crippen molar-refractivity contribution in [3.63, 3.8) is 0 Å². The number of cyclic esters (lactones) is 1. The van der Waals surface area contributed by atoms with Crippen LogP contribution in [0.3, 0.4) is 0 Å². The van der Waals surface area contributed by atoms with E-state index in [0.717, 1.165) is 4.90 Å². The first-order valence-electron chi connectivity index (χ1n) is 7.71. The maximum Gasteiger partial charge on any atom is 0.417 e. The van der Waals surface area contributed by atoms with E-state index in [2.05, 4.69) is 0 Å². The van der Waals surface area contributed by atoms with Gasteiger partial charge in [-0.05, 0) is 11.1 Å². The number of carbonyl (C=O) groups excluding carboxylic acids is 2. The molecule has 4 nitrogen and oxygen atoms in total. The fraction of sp³-hybridized carbons (Fsp3) is 0.158. The minimum atomic E-state index is -1.94. The van der Waals surface area contributed by atoms with Crippen LogP contribution in [0.15, 0.2) is 66.7 Å². The highest BCUT2D eigenvalue weighted by Crippen LogP contribution is 2.31. The van der Waals surface area contributed by atoms with E-state index in [1.54, 1.807) is 42.5 Å². The van der Waals surface area contributed by atoms with E-state index >= 15 is 0 Å². The molecule has 128 valence electrons. The number of benzene rings is 2. The van der Waals surface area contributed by atoms with Crippen LogP contribution in [-0.2, 0) is 9.53 Å². The number of hydrogen-bond acceptors (Lipinski definition) is 3. The Morgan fingerprint density at radius 1 is 1.04 bits per heavy atom. The number of amides is 2. The number of carbonyl (C=O) groups is 2. The SMILES string of the molecule is O=C(CC(=C(F)F)c1ccccc1)N1C(=O)OC[C@@H]1c1ccccc1. The van der Waals surface area contributed by atoms with E-state index in [1.807, 2.05) is 6.07 Å². The van der Waals surface area contributed by atoms with Crippen LogP contribution < -0.4 is 0 Å². The summed E-state index contributed by atoms with van der Waals surface area (Å²) >= 11 is 0. The van der Waals surface area contributed by atoms with Crippen LogP contribution >= 0.6 is 0 Å².